The highest BCUT2D eigenvalue weighted by atomic mass is 16.4. The van der Waals surface area contributed by atoms with Crippen molar-refractivity contribution >= 4 is 10.9 Å². The smallest absolute Gasteiger partial charge is 0.386 e. The van der Waals surface area contributed by atoms with E-state index in [4.69, 9.17) is 4.42 Å². The minimum absolute atomic E-state index is 0.338. The Balaban J connectivity index is 1.76. The molecule has 0 fully saturated rings. The standard InChI is InChI=1S/C18H15N3O2/c1-20-15-10-6-5-9-14(15)11-16(20)17-19-21(18(22)23-17)12-13-7-3-2-4-8-13/h2-11H,12H2,1H3. The lowest BCUT2D eigenvalue weighted by Crippen LogP contribution is -2.16. The Bertz CT molecular complexity index is 1030. The van der Waals surface area contributed by atoms with Gasteiger partial charge in [0.15, 0.2) is 0 Å². The van der Waals surface area contributed by atoms with Crippen molar-refractivity contribution in [2.24, 2.45) is 7.05 Å². The zero-order valence-electron chi connectivity index (χ0n) is 12.6. The fraction of sp³-hybridized carbons (Fsp3) is 0.111. The van der Waals surface area contributed by atoms with Gasteiger partial charge in [0.05, 0.1) is 6.54 Å². The number of nitrogens with zero attached hydrogens (tertiary/aromatic N) is 3. The lowest BCUT2D eigenvalue weighted by molar-refractivity contribution is 0.493. The van der Waals surface area contributed by atoms with Crippen LogP contribution in [0.2, 0.25) is 0 Å². The molecule has 5 nitrogen and oxygen atoms in total. The highest BCUT2D eigenvalue weighted by Crippen LogP contribution is 2.25. The molecule has 0 atom stereocenters. The Morgan fingerprint density at radius 1 is 1.04 bits per heavy atom. The van der Waals surface area contributed by atoms with Crippen LogP contribution in [0.5, 0.6) is 0 Å². The number of hydrogen-bond acceptors (Lipinski definition) is 3. The molecule has 0 unspecified atom stereocenters. The van der Waals surface area contributed by atoms with E-state index in [1.807, 2.05) is 72.3 Å². The van der Waals surface area contributed by atoms with Crippen LogP contribution >= 0.6 is 0 Å². The molecular formula is C18H15N3O2. The van der Waals surface area contributed by atoms with Crippen LogP contribution in [-0.2, 0) is 13.6 Å². The van der Waals surface area contributed by atoms with E-state index in [9.17, 15) is 4.79 Å². The highest BCUT2D eigenvalue weighted by Gasteiger charge is 2.15. The Morgan fingerprint density at radius 3 is 2.57 bits per heavy atom. The van der Waals surface area contributed by atoms with Gasteiger partial charge in [-0.05, 0) is 17.7 Å². The monoisotopic (exact) mass is 305 g/mol. The van der Waals surface area contributed by atoms with Gasteiger partial charge in [0.1, 0.15) is 5.69 Å². The van der Waals surface area contributed by atoms with Crippen molar-refractivity contribution in [3.63, 3.8) is 0 Å². The van der Waals surface area contributed by atoms with E-state index in [-0.39, 0.29) is 0 Å². The predicted octanol–water partition coefficient (Wildman–Crippen LogP) is 3.04. The first-order valence-corrected chi connectivity index (χ1v) is 7.39. The summed E-state index contributed by atoms with van der Waals surface area (Å²) in [5.74, 6) is -0.112. The number of hydrogen-bond donors (Lipinski definition) is 0. The number of rotatable bonds is 3. The van der Waals surface area contributed by atoms with Gasteiger partial charge in [-0.15, -0.1) is 5.10 Å². The number of para-hydroxylation sites is 1. The molecule has 0 aliphatic heterocycles. The van der Waals surface area contributed by atoms with Crippen LogP contribution in [0.1, 0.15) is 5.56 Å². The first kappa shape index (κ1) is 13.6. The number of aromatic nitrogens is 3. The molecule has 0 bridgehead atoms. The summed E-state index contributed by atoms with van der Waals surface area (Å²) in [7, 11) is 1.94. The van der Waals surface area contributed by atoms with Crippen molar-refractivity contribution in [2.75, 3.05) is 0 Å². The van der Waals surface area contributed by atoms with Crippen molar-refractivity contribution < 1.29 is 4.42 Å². The van der Waals surface area contributed by atoms with Gasteiger partial charge in [-0.1, -0.05) is 48.5 Å². The fourth-order valence-corrected chi connectivity index (χ4v) is 2.76. The van der Waals surface area contributed by atoms with Gasteiger partial charge < -0.3 is 8.98 Å². The highest BCUT2D eigenvalue weighted by molar-refractivity contribution is 5.85. The molecule has 114 valence electrons. The van der Waals surface area contributed by atoms with E-state index in [1.165, 1.54) is 4.68 Å². The molecule has 0 amide bonds. The normalized spacial score (nSPS) is 11.2. The van der Waals surface area contributed by atoms with Crippen molar-refractivity contribution in [1.82, 2.24) is 14.3 Å². The van der Waals surface area contributed by atoms with E-state index in [0.717, 1.165) is 22.2 Å². The summed E-state index contributed by atoms with van der Waals surface area (Å²) >= 11 is 0. The van der Waals surface area contributed by atoms with Crippen molar-refractivity contribution in [3.8, 4) is 11.6 Å². The lowest BCUT2D eigenvalue weighted by atomic mass is 10.2. The molecule has 0 aliphatic carbocycles. The summed E-state index contributed by atoms with van der Waals surface area (Å²) in [6.07, 6.45) is 0. The first-order valence-electron chi connectivity index (χ1n) is 7.39. The van der Waals surface area contributed by atoms with E-state index in [0.29, 0.717) is 12.4 Å². The quantitative estimate of drug-likeness (QED) is 0.584. The third-order valence-electron chi connectivity index (χ3n) is 3.95. The Hall–Kier alpha value is -3.08. The molecule has 2 heterocycles. The molecule has 0 radical (unpaired) electrons. The maximum Gasteiger partial charge on any atom is 0.437 e. The number of benzene rings is 2. The van der Waals surface area contributed by atoms with E-state index in [2.05, 4.69) is 5.10 Å². The number of fused-ring (bicyclic) bond motifs is 1. The molecule has 0 spiro atoms. The number of aryl methyl sites for hydroxylation is 1. The van der Waals surface area contributed by atoms with Crippen molar-refractivity contribution in [3.05, 3.63) is 76.8 Å². The second-order valence-electron chi connectivity index (χ2n) is 5.46. The predicted molar refractivity (Wildman–Crippen MR) is 88.2 cm³/mol. The maximum absolute atomic E-state index is 12.1. The molecular weight excluding hydrogens is 290 g/mol. The Labute approximate surface area is 132 Å². The van der Waals surface area contributed by atoms with E-state index >= 15 is 0 Å². The molecule has 0 N–H and O–H groups in total. The van der Waals surface area contributed by atoms with Crippen molar-refractivity contribution in [2.45, 2.75) is 6.54 Å². The van der Waals surface area contributed by atoms with Gasteiger partial charge in [-0.25, -0.2) is 4.79 Å². The minimum Gasteiger partial charge on any atom is -0.386 e. The zero-order valence-corrected chi connectivity index (χ0v) is 12.6. The van der Waals surface area contributed by atoms with Crippen LogP contribution in [0.25, 0.3) is 22.5 Å². The van der Waals surface area contributed by atoms with Gasteiger partial charge in [0.2, 0.25) is 0 Å². The second kappa shape index (κ2) is 5.28. The summed E-state index contributed by atoms with van der Waals surface area (Å²) < 4.78 is 8.69. The van der Waals surface area contributed by atoms with Gasteiger partial charge in [-0.3, -0.25) is 0 Å². The molecule has 23 heavy (non-hydrogen) atoms. The summed E-state index contributed by atoms with van der Waals surface area (Å²) in [5.41, 5.74) is 2.87. The summed E-state index contributed by atoms with van der Waals surface area (Å²) in [6.45, 7) is 0.396. The third-order valence-corrected chi connectivity index (χ3v) is 3.95. The first-order chi connectivity index (χ1) is 11.2. The van der Waals surface area contributed by atoms with Crippen LogP contribution in [0, 0.1) is 0 Å². The second-order valence-corrected chi connectivity index (χ2v) is 5.46. The van der Waals surface area contributed by atoms with Crippen LogP contribution in [0.15, 0.2) is 69.9 Å². The lowest BCUT2D eigenvalue weighted by Gasteiger charge is -1.99. The van der Waals surface area contributed by atoms with Gasteiger partial charge in [0.25, 0.3) is 5.89 Å². The van der Waals surface area contributed by atoms with Crippen LogP contribution in [-0.4, -0.2) is 14.3 Å². The summed E-state index contributed by atoms with van der Waals surface area (Å²) in [5, 5.41) is 5.44. The molecule has 0 saturated heterocycles. The summed E-state index contributed by atoms with van der Waals surface area (Å²) in [6, 6.07) is 19.7. The van der Waals surface area contributed by atoms with Crippen LogP contribution in [0.3, 0.4) is 0 Å². The van der Waals surface area contributed by atoms with Crippen molar-refractivity contribution in [1.29, 1.82) is 0 Å². The molecule has 4 aromatic rings. The molecule has 4 rings (SSSR count). The van der Waals surface area contributed by atoms with Gasteiger partial charge in [-0.2, -0.15) is 4.68 Å². The van der Waals surface area contributed by atoms with E-state index in [1.54, 1.807) is 0 Å². The van der Waals surface area contributed by atoms with E-state index < -0.39 is 5.76 Å². The van der Waals surface area contributed by atoms with Crippen LogP contribution < -0.4 is 5.76 Å². The topological polar surface area (TPSA) is 53.0 Å². The molecule has 5 heteroatoms. The Kier molecular flexibility index (Phi) is 3.12. The molecule has 0 saturated carbocycles. The fourth-order valence-electron chi connectivity index (χ4n) is 2.76. The maximum atomic E-state index is 12.1. The molecule has 0 aliphatic rings. The molecule has 2 aromatic heterocycles. The average Bonchev–Trinajstić information content (AvgIpc) is 3.10. The minimum atomic E-state index is -0.450. The van der Waals surface area contributed by atoms with Crippen LogP contribution in [0.4, 0.5) is 0 Å². The third kappa shape index (κ3) is 2.36. The SMILES string of the molecule is Cn1c(-c2nn(Cc3ccccc3)c(=O)o2)cc2ccccc21. The summed E-state index contributed by atoms with van der Waals surface area (Å²) in [4.78, 5) is 12.1. The average molecular weight is 305 g/mol. The zero-order chi connectivity index (χ0) is 15.8. The Morgan fingerprint density at radius 2 is 1.78 bits per heavy atom. The van der Waals surface area contributed by atoms with Gasteiger partial charge >= 0.3 is 5.76 Å². The largest absolute Gasteiger partial charge is 0.437 e. The van der Waals surface area contributed by atoms with Gasteiger partial charge in [0, 0.05) is 18.0 Å². The molecule has 2 aromatic carbocycles.